The van der Waals surface area contributed by atoms with E-state index in [-0.39, 0.29) is 22.7 Å². The van der Waals surface area contributed by atoms with Crippen molar-refractivity contribution in [3.63, 3.8) is 0 Å². The molecule has 0 saturated carbocycles. The number of hydrogen-bond donors (Lipinski definition) is 1. The molecule has 1 aliphatic heterocycles. The first-order valence-electron chi connectivity index (χ1n) is 12.6. The average Bonchev–Trinajstić information content (AvgIpc) is 3.62. The maximum atomic E-state index is 15.7. The Bertz CT molecular complexity index is 1870. The second-order valence-corrected chi connectivity index (χ2v) is 11.4. The van der Waals surface area contributed by atoms with Gasteiger partial charge in [0.1, 0.15) is 17.8 Å². The zero-order chi connectivity index (χ0) is 28.7. The van der Waals surface area contributed by atoms with Gasteiger partial charge in [-0.3, -0.25) is 4.72 Å². The number of anilines is 1. The number of nitrogens with one attached hydrogen (secondary N) is 1. The van der Waals surface area contributed by atoms with Crippen molar-refractivity contribution in [2.75, 3.05) is 18.4 Å². The molecular weight excluding hydrogens is 578 g/mol. The van der Waals surface area contributed by atoms with Crippen LogP contribution in [0.1, 0.15) is 25.5 Å². The van der Waals surface area contributed by atoms with Crippen molar-refractivity contribution in [2.45, 2.75) is 30.4 Å². The molecular formula is C27H23ClF2N6O4S. The first-order valence-corrected chi connectivity index (χ1v) is 14.5. The molecule has 1 saturated heterocycles. The Labute approximate surface area is 238 Å². The fraction of sp³-hybridized carbons (Fsp3) is 0.222. The summed E-state index contributed by atoms with van der Waals surface area (Å²) in [6.07, 6.45) is 8.63. The van der Waals surface area contributed by atoms with Crippen molar-refractivity contribution in [1.29, 1.82) is 0 Å². The van der Waals surface area contributed by atoms with E-state index in [1.54, 1.807) is 27.4 Å². The lowest BCUT2D eigenvalue weighted by Gasteiger charge is -2.24. The van der Waals surface area contributed by atoms with Crippen LogP contribution >= 0.6 is 11.6 Å². The van der Waals surface area contributed by atoms with E-state index < -0.39 is 37.8 Å². The van der Waals surface area contributed by atoms with Gasteiger partial charge in [-0.1, -0.05) is 17.7 Å². The van der Waals surface area contributed by atoms with E-state index in [2.05, 4.69) is 19.8 Å². The normalized spacial score (nSPS) is 15.8. The highest BCUT2D eigenvalue weighted by molar-refractivity contribution is 7.92. The molecule has 41 heavy (non-hydrogen) atoms. The van der Waals surface area contributed by atoms with Crippen LogP contribution in [0.3, 0.4) is 0 Å². The number of methoxy groups -OCH3 is 1. The minimum atomic E-state index is -4.40. The van der Waals surface area contributed by atoms with Gasteiger partial charge in [0.25, 0.3) is 10.0 Å². The van der Waals surface area contributed by atoms with E-state index >= 15 is 8.78 Å². The van der Waals surface area contributed by atoms with Crippen molar-refractivity contribution in [3.05, 3.63) is 78.0 Å². The van der Waals surface area contributed by atoms with Crippen LogP contribution in [0.5, 0.6) is 5.88 Å². The minimum Gasteiger partial charge on any atom is -0.480 e. The summed E-state index contributed by atoms with van der Waals surface area (Å²) in [4.78, 5) is 7.97. The third-order valence-electron chi connectivity index (χ3n) is 6.76. The number of nitrogens with zero attached hydrogens (tertiary/aromatic N) is 5. The third kappa shape index (κ3) is 5.00. The number of sulfonamides is 1. The molecule has 0 amide bonds. The first kappa shape index (κ1) is 27.1. The van der Waals surface area contributed by atoms with E-state index in [1.807, 2.05) is 6.07 Å². The van der Waals surface area contributed by atoms with Crippen molar-refractivity contribution in [2.24, 2.45) is 0 Å². The average molecular weight is 601 g/mol. The third-order valence-corrected chi connectivity index (χ3v) is 8.33. The molecule has 1 aromatic carbocycles. The second kappa shape index (κ2) is 10.7. The van der Waals surface area contributed by atoms with Gasteiger partial charge in [0, 0.05) is 30.8 Å². The van der Waals surface area contributed by atoms with Gasteiger partial charge in [-0.25, -0.2) is 31.8 Å². The van der Waals surface area contributed by atoms with Gasteiger partial charge < -0.3 is 13.9 Å². The summed E-state index contributed by atoms with van der Waals surface area (Å²) < 4.78 is 73.4. The molecule has 10 nitrogen and oxygen atoms in total. The quantitative estimate of drug-likeness (QED) is 0.255. The van der Waals surface area contributed by atoms with Gasteiger partial charge in [0.05, 0.1) is 34.6 Å². The second-order valence-electron chi connectivity index (χ2n) is 9.34. The molecule has 1 unspecified atom stereocenters. The molecule has 1 N–H and O–H groups in total. The topological polar surface area (TPSA) is 113 Å². The molecule has 212 valence electrons. The minimum absolute atomic E-state index is 0.0359. The summed E-state index contributed by atoms with van der Waals surface area (Å²) in [5.74, 6) is -2.21. The number of ether oxygens (including phenoxy) is 2. The van der Waals surface area contributed by atoms with E-state index in [0.717, 1.165) is 43.2 Å². The number of pyridine rings is 2. The summed E-state index contributed by atoms with van der Waals surface area (Å²) in [6, 6.07) is 8.17. The van der Waals surface area contributed by atoms with E-state index in [1.165, 1.54) is 25.8 Å². The zero-order valence-corrected chi connectivity index (χ0v) is 23.2. The maximum absolute atomic E-state index is 15.7. The Kier molecular flexibility index (Phi) is 7.09. The van der Waals surface area contributed by atoms with Crippen LogP contribution in [-0.4, -0.2) is 46.3 Å². The molecule has 0 aliphatic carbocycles. The largest absolute Gasteiger partial charge is 0.480 e. The van der Waals surface area contributed by atoms with E-state index in [0.29, 0.717) is 17.8 Å². The standard InChI is InChI=1S/C27H23ClF2N6O4S/c1-39-27-22(12-17(28)13-31-27)41(37,38)34-19-7-6-18(29)24(25(19)30)16-5-8-20-26(32-15-35(20)14-16)21-9-10-33-36(21)23-4-2-3-11-40-23/h5-10,12-15,23,34H,2-4,11H2,1H3. The van der Waals surface area contributed by atoms with Gasteiger partial charge in [0.15, 0.2) is 16.9 Å². The molecule has 1 aliphatic rings. The number of benzene rings is 1. The van der Waals surface area contributed by atoms with Gasteiger partial charge in [-0.2, -0.15) is 5.10 Å². The Balaban J connectivity index is 1.36. The van der Waals surface area contributed by atoms with Crippen molar-refractivity contribution < 1.29 is 26.7 Å². The van der Waals surface area contributed by atoms with E-state index in [4.69, 9.17) is 21.1 Å². The highest BCUT2D eigenvalue weighted by atomic mass is 35.5. The number of imidazole rings is 1. The Hall–Kier alpha value is -4.07. The van der Waals surface area contributed by atoms with Gasteiger partial charge in [-0.05, 0) is 49.6 Å². The molecule has 4 aromatic heterocycles. The van der Waals surface area contributed by atoms with Crippen LogP contribution in [0.25, 0.3) is 28.0 Å². The smallest absolute Gasteiger partial charge is 0.267 e. The number of fused-ring (bicyclic) bond motifs is 1. The number of hydrogen-bond acceptors (Lipinski definition) is 7. The highest BCUT2D eigenvalue weighted by Gasteiger charge is 2.26. The predicted octanol–water partition coefficient (Wildman–Crippen LogP) is 5.70. The lowest BCUT2D eigenvalue weighted by molar-refractivity contribution is -0.0383. The van der Waals surface area contributed by atoms with Crippen LogP contribution in [0.15, 0.2) is 66.2 Å². The summed E-state index contributed by atoms with van der Waals surface area (Å²) in [7, 11) is -3.16. The number of aromatic nitrogens is 5. The lowest BCUT2D eigenvalue weighted by Crippen LogP contribution is -2.19. The highest BCUT2D eigenvalue weighted by Crippen LogP contribution is 2.35. The molecule has 1 fully saturated rings. The molecule has 14 heteroatoms. The maximum Gasteiger partial charge on any atom is 0.267 e. The lowest BCUT2D eigenvalue weighted by atomic mass is 10.0. The summed E-state index contributed by atoms with van der Waals surface area (Å²) in [5, 5.41) is 4.47. The van der Waals surface area contributed by atoms with Crippen LogP contribution in [0.4, 0.5) is 14.5 Å². The summed E-state index contributed by atoms with van der Waals surface area (Å²) in [6.45, 7) is 0.660. The SMILES string of the molecule is COc1ncc(Cl)cc1S(=O)(=O)Nc1ccc(F)c(-c2ccc3c(-c4ccnn4C4CCCCO4)ncn3c2)c1F. The molecule has 1 atom stereocenters. The molecule has 0 spiro atoms. The van der Waals surface area contributed by atoms with Crippen LogP contribution in [0, 0.1) is 11.6 Å². The van der Waals surface area contributed by atoms with E-state index in [9.17, 15) is 8.42 Å². The summed E-state index contributed by atoms with van der Waals surface area (Å²) in [5.41, 5.74) is 1.36. The monoisotopic (exact) mass is 600 g/mol. The Morgan fingerprint density at radius 3 is 2.78 bits per heavy atom. The molecule has 0 radical (unpaired) electrons. The predicted molar refractivity (Wildman–Crippen MR) is 147 cm³/mol. The van der Waals surface area contributed by atoms with Gasteiger partial charge in [-0.15, -0.1) is 0 Å². The number of halogens is 3. The summed E-state index contributed by atoms with van der Waals surface area (Å²) >= 11 is 5.92. The van der Waals surface area contributed by atoms with Crippen molar-refractivity contribution >= 4 is 32.8 Å². The Morgan fingerprint density at radius 1 is 1.15 bits per heavy atom. The first-order chi connectivity index (χ1) is 19.8. The van der Waals surface area contributed by atoms with Crippen LogP contribution in [-0.2, 0) is 14.8 Å². The fourth-order valence-electron chi connectivity index (χ4n) is 4.84. The molecule has 5 aromatic rings. The Morgan fingerprint density at radius 2 is 2.00 bits per heavy atom. The van der Waals surface area contributed by atoms with Crippen LogP contribution < -0.4 is 9.46 Å². The van der Waals surface area contributed by atoms with Crippen molar-refractivity contribution in [1.82, 2.24) is 24.1 Å². The molecule has 0 bridgehead atoms. The van der Waals surface area contributed by atoms with Gasteiger partial charge in [0.2, 0.25) is 5.88 Å². The molecule has 6 rings (SSSR count). The van der Waals surface area contributed by atoms with Crippen molar-refractivity contribution in [3.8, 4) is 28.4 Å². The van der Waals surface area contributed by atoms with Crippen LogP contribution in [0.2, 0.25) is 5.02 Å². The molecule has 5 heterocycles. The fourth-order valence-corrected chi connectivity index (χ4v) is 6.27. The number of rotatable bonds is 7. The van der Waals surface area contributed by atoms with Gasteiger partial charge >= 0.3 is 0 Å². The zero-order valence-electron chi connectivity index (χ0n) is 21.6.